The molecule has 1 fully saturated rings. The van der Waals surface area contributed by atoms with Crippen LogP contribution in [0.2, 0.25) is 0 Å². The number of hydrogen-bond acceptors (Lipinski definition) is 3. The van der Waals surface area contributed by atoms with Gasteiger partial charge >= 0.3 is 0 Å². The summed E-state index contributed by atoms with van der Waals surface area (Å²) in [5, 5.41) is 0. The first-order valence-corrected chi connectivity index (χ1v) is 8.08. The second-order valence-corrected chi connectivity index (χ2v) is 5.82. The number of benzene rings is 2. The summed E-state index contributed by atoms with van der Waals surface area (Å²) in [4.78, 5) is 28.1. The highest BCUT2D eigenvalue weighted by molar-refractivity contribution is 6.07. The van der Waals surface area contributed by atoms with Gasteiger partial charge in [-0.25, -0.2) is 4.39 Å². The fourth-order valence-electron chi connectivity index (χ4n) is 2.90. The van der Waals surface area contributed by atoms with Crippen LogP contribution in [0.5, 0.6) is 5.75 Å². The number of halogens is 1. The van der Waals surface area contributed by atoms with Crippen molar-refractivity contribution in [2.45, 2.75) is 12.8 Å². The smallest absolute Gasteiger partial charge is 0.259 e. The van der Waals surface area contributed by atoms with E-state index in [1.165, 1.54) is 30.2 Å². The largest absolute Gasteiger partial charge is 0.495 e. The molecule has 0 radical (unpaired) electrons. The molecule has 0 atom stereocenters. The molecule has 1 aliphatic heterocycles. The molecule has 6 heteroatoms. The topological polar surface area (TPSA) is 49.9 Å². The van der Waals surface area contributed by atoms with E-state index in [9.17, 15) is 14.0 Å². The third-order valence-electron chi connectivity index (χ3n) is 4.18. The summed E-state index contributed by atoms with van der Waals surface area (Å²) in [6, 6.07) is 12.6. The van der Waals surface area contributed by atoms with E-state index < -0.39 is 5.82 Å². The van der Waals surface area contributed by atoms with Gasteiger partial charge in [-0.1, -0.05) is 18.2 Å². The van der Waals surface area contributed by atoms with Crippen LogP contribution in [-0.4, -0.2) is 37.0 Å². The summed E-state index contributed by atoms with van der Waals surface area (Å²) >= 11 is 0. The second-order valence-electron chi connectivity index (χ2n) is 5.82. The zero-order valence-corrected chi connectivity index (χ0v) is 13.9. The van der Waals surface area contributed by atoms with Gasteiger partial charge in [-0.05, 0) is 36.8 Å². The molecule has 25 heavy (non-hydrogen) atoms. The van der Waals surface area contributed by atoms with Crippen LogP contribution >= 0.6 is 0 Å². The molecule has 0 bridgehead atoms. The lowest BCUT2D eigenvalue weighted by molar-refractivity contribution is -0.127. The van der Waals surface area contributed by atoms with Crippen molar-refractivity contribution in [1.29, 1.82) is 0 Å². The van der Waals surface area contributed by atoms with Crippen LogP contribution in [0.15, 0.2) is 48.5 Å². The molecule has 130 valence electrons. The first-order chi connectivity index (χ1) is 12.1. The molecule has 3 rings (SSSR count). The molecule has 1 aliphatic rings. The number of nitrogens with zero attached hydrogens (tertiary/aromatic N) is 2. The van der Waals surface area contributed by atoms with E-state index in [2.05, 4.69) is 0 Å². The lowest BCUT2D eigenvalue weighted by Gasteiger charge is -2.29. The molecule has 1 saturated heterocycles. The predicted molar refractivity (Wildman–Crippen MR) is 92.0 cm³/mol. The predicted octanol–water partition coefficient (Wildman–Crippen LogP) is 3.06. The molecule has 1 heterocycles. The van der Waals surface area contributed by atoms with Crippen molar-refractivity contribution < 1.29 is 18.7 Å². The average molecular weight is 342 g/mol. The van der Waals surface area contributed by atoms with E-state index in [0.29, 0.717) is 24.4 Å². The molecule has 2 amide bonds. The molecule has 2 aromatic rings. The first kappa shape index (κ1) is 17.0. The number of carbonyl (C=O) groups is 2. The van der Waals surface area contributed by atoms with Crippen molar-refractivity contribution in [1.82, 2.24) is 4.90 Å². The Kier molecular flexibility index (Phi) is 4.97. The van der Waals surface area contributed by atoms with Gasteiger partial charge in [0.2, 0.25) is 5.91 Å². The number of methoxy groups -OCH3 is 1. The van der Waals surface area contributed by atoms with E-state index in [-0.39, 0.29) is 24.0 Å². The van der Waals surface area contributed by atoms with Gasteiger partial charge in [0.1, 0.15) is 18.2 Å². The number of amides is 2. The maximum absolute atomic E-state index is 13.5. The van der Waals surface area contributed by atoms with Crippen LogP contribution in [0.1, 0.15) is 23.2 Å². The Labute approximate surface area is 145 Å². The van der Waals surface area contributed by atoms with Crippen LogP contribution in [0, 0.1) is 5.82 Å². The van der Waals surface area contributed by atoms with Crippen molar-refractivity contribution in [3.8, 4) is 5.75 Å². The van der Waals surface area contributed by atoms with E-state index in [1.54, 1.807) is 35.2 Å². The number of likely N-dealkylation sites (tertiary alicyclic amines) is 1. The Morgan fingerprint density at radius 3 is 2.72 bits per heavy atom. The first-order valence-electron chi connectivity index (χ1n) is 8.08. The molecule has 0 aliphatic carbocycles. The highest BCUT2D eigenvalue weighted by Gasteiger charge is 2.28. The molecular weight excluding hydrogens is 323 g/mol. The lowest BCUT2D eigenvalue weighted by Crippen LogP contribution is -2.42. The second kappa shape index (κ2) is 7.34. The Balaban J connectivity index is 1.99. The van der Waals surface area contributed by atoms with Gasteiger partial charge in [0, 0.05) is 18.5 Å². The highest BCUT2D eigenvalue weighted by atomic mass is 19.1. The SMILES string of the molecule is COc1ccccc1N(CN1CCCC1=O)C(=O)c1cccc(F)c1. The zero-order valence-electron chi connectivity index (χ0n) is 13.9. The number of rotatable bonds is 5. The number of anilines is 1. The fraction of sp³-hybridized carbons (Fsp3) is 0.263. The average Bonchev–Trinajstić information content (AvgIpc) is 3.04. The quantitative estimate of drug-likeness (QED) is 0.839. The minimum absolute atomic E-state index is 0.00643. The van der Waals surface area contributed by atoms with Crippen LogP contribution in [0.25, 0.3) is 0 Å². The van der Waals surface area contributed by atoms with E-state index >= 15 is 0 Å². The van der Waals surface area contributed by atoms with Gasteiger partial charge in [-0.2, -0.15) is 0 Å². The van der Waals surface area contributed by atoms with Crippen LogP contribution in [0.3, 0.4) is 0 Å². The molecule has 2 aromatic carbocycles. The Morgan fingerprint density at radius 1 is 1.24 bits per heavy atom. The Hall–Kier alpha value is -2.89. The number of hydrogen-bond donors (Lipinski definition) is 0. The minimum Gasteiger partial charge on any atom is -0.495 e. The summed E-state index contributed by atoms with van der Waals surface area (Å²) in [6.07, 6.45) is 1.25. The van der Waals surface area contributed by atoms with Crippen LogP contribution in [0.4, 0.5) is 10.1 Å². The van der Waals surface area contributed by atoms with Gasteiger partial charge in [0.15, 0.2) is 0 Å². The third kappa shape index (κ3) is 3.63. The van der Waals surface area contributed by atoms with E-state index in [0.717, 1.165) is 6.42 Å². The number of para-hydroxylation sites is 2. The molecule has 0 unspecified atom stereocenters. The normalized spacial score (nSPS) is 13.8. The van der Waals surface area contributed by atoms with Crippen molar-refractivity contribution in [2.75, 3.05) is 25.2 Å². The van der Waals surface area contributed by atoms with Crippen molar-refractivity contribution in [3.05, 3.63) is 59.9 Å². The summed E-state index contributed by atoms with van der Waals surface area (Å²) in [6.45, 7) is 0.704. The standard InChI is InChI=1S/C19H19FN2O3/c1-25-17-9-3-2-8-16(17)22(13-21-11-5-10-18(21)23)19(24)14-6-4-7-15(20)12-14/h2-4,6-9,12H,5,10-11,13H2,1H3. The highest BCUT2D eigenvalue weighted by Crippen LogP contribution is 2.30. The van der Waals surface area contributed by atoms with Crippen LogP contribution < -0.4 is 9.64 Å². The summed E-state index contributed by atoms with van der Waals surface area (Å²) in [7, 11) is 1.52. The van der Waals surface area contributed by atoms with Gasteiger partial charge in [0.25, 0.3) is 5.91 Å². The Morgan fingerprint density at radius 2 is 2.04 bits per heavy atom. The molecule has 0 spiro atoms. The van der Waals surface area contributed by atoms with E-state index in [4.69, 9.17) is 4.74 Å². The zero-order chi connectivity index (χ0) is 17.8. The van der Waals surface area contributed by atoms with Gasteiger partial charge in [-0.3, -0.25) is 14.5 Å². The fourth-order valence-corrected chi connectivity index (χ4v) is 2.90. The van der Waals surface area contributed by atoms with Crippen molar-refractivity contribution in [2.24, 2.45) is 0 Å². The number of carbonyl (C=O) groups excluding carboxylic acids is 2. The van der Waals surface area contributed by atoms with E-state index in [1.807, 2.05) is 0 Å². The Bertz CT molecular complexity index is 794. The molecule has 5 nitrogen and oxygen atoms in total. The summed E-state index contributed by atoms with van der Waals surface area (Å²) in [5.74, 6) is -0.349. The molecule has 0 N–H and O–H groups in total. The minimum atomic E-state index is -0.483. The lowest BCUT2D eigenvalue weighted by atomic mass is 10.1. The third-order valence-corrected chi connectivity index (χ3v) is 4.18. The summed E-state index contributed by atoms with van der Waals surface area (Å²) in [5.41, 5.74) is 0.761. The van der Waals surface area contributed by atoms with Crippen molar-refractivity contribution in [3.63, 3.8) is 0 Å². The monoisotopic (exact) mass is 342 g/mol. The van der Waals surface area contributed by atoms with Gasteiger partial charge < -0.3 is 9.64 Å². The number of ether oxygens (including phenoxy) is 1. The molecule has 0 saturated carbocycles. The van der Waals surface area contributed by atoms with Crippen LogP contribution in [-0.2, 0) is 4.79 Å². The van der Waals surface area contributed by atoms with Gasteiger partial charge in [-0.15, -0.1) is 0 Å². The van der Waals surface area contributed by atoms with Gasteiger partial charge in [0.05, 0.1) is 12.8 Å². The maximum atomic E-state index is 13.5. The van der Waals surface area contributed by atoms with Crippen molar-refractivity contribution >= 4 is 17.5 Å². The molecule has 0 aromatic heterocycles. The molecular formula is C19H19FN2O3. The maximum Gasteiger partial charge on any atom is 0.259 e. The summed E-state index contributed by atoms with van der Waals surface area (Å²) < 4.78 is 18.9.